The maximum atomic E-state index is 13.2. The standard InChI is InChI=1S/C26H32N4O3S/c1-20-27-25(19-29(20)2)34(32,33)30-17-15-23(16-18-30)26(31)28-24(22-11-7-4-8-12-22)14-13-21-9-5-3-6-10-21/h3-12,19,23-24H,13-18H2,1-2H3,(H,28,31). The number of carbonyl (C=O) groups is 1. The van der Waals surface area contributed by atoms with Crippen molar-refractivity contribution in [3.63, 3.8) is 0 Å². The number of amides is 1. The van der Waals surface area contributed by atoms with Gasteiger partial charge in [-0.2, -0.15) is 4.31 Å². The molecular weight excluding hydrogens is 448 g/mol. The Morgan fingerprint density at radius 1 is 1.06 bits per heavy atom. The van der Waals surface area contributed by atoms with Crippen LogP contribution < -0.4 is 5.32 Å². The topological polar surface area (TPSA) is 84.3 Å². The number of hydrogen-bond donors (Lipinski definition) is 1. The highest BCUT2D eigenvalue weighted by Gasteiger charge is 2.34. The molecule has 1 atom stereocenters. The maximum Gasteiger partial charge on any atom is 0.262 e. The second-order valence-electron chi connectivity index (χ2n) is 8.91. The molecule has 0 bridgehead atoms. The van der Waals surface area contributed by atoms with E-state index in [0.717, 1.165) is 18.4 Å². The van der Waals surface area contributed by atoms with Gasteiger partial charge in [0, 0.05) is 32.3 Å². The van der Waals surface area contributed by atoms with E-state index in [1.807, 2.05) is 48.5 Å². The molecule has 1 aromatic heterocycles. The van der Waals surface area contributed by atoms with Gasteiger partial charge in [-0.3, -0.25) is 4.79 Å². The second kappa shape index (κ2) is 10.5. The van der Waals surface area contributed by atoms with Crippen molar-refractivity contribution in [1.29, 1.82) is 0 Å². The minimum absolute atomic E-state index is 0.00681. The maximum absolute atomic E-state index is 13.2. The molecule has 3 aromatic rings. The predicted molar refractivity (Wildman–Crippen MR) is 132 cm³/mol. The fraction of sp³-hybridized carbons (Fsp3) is 0.385. The van der Waals surface area contributed by atoms with Gasteiger partial charge in [0.25, 0.3) is 10.0 Å². The quantitative estimate of drug-likeness (QED) is 0.534. The number of imidazole rings is 1. The van der Waals surface area contributed by atoms with E-state index in [2.05, 4.69) is 22.4 Å². The van der Waals surface area contributed by atoms with Gasteiger partial charge >= 0.3 is 0 Å². The molecule has 1 fully saturated rings. The summed E-state index contributed by atoms with van der Waals surface area (Å²) >= 11 is 0. The number of nitrogens with zero attached hydrogens (tertiary/aromatic N) is 3. The lowest BCUT2D eigenvalue weighted by Crippen LogP contribution is -2.43. The molecule has 0 radical (unpaired) electrons. The highest BCUT2D eigenvalue weighted by atomic mass is 32.2. The smallest absolute Gasteiger partial charge is 0.262 e. The molecule has 1 amide bonds. The second-order valence-corrected chi connectivity index (χ2v) is 10.8. The molecule has 8 heteroatoms. The van der Waals surface area contributed by atoms with Crippen molar-refractivity contribution in [1.82, 2.24) is 19.2 Å². The first kappa shape index (κ1) is 24.2. The van der Waals surface area contributed by atoms with E-state index in [1.165, 1.54) is 9.87 Å². The molecule has 34 heavy (non-hydrogen) atoms. The van der Waals surface area contributed by atoms with Crippen LogP contribution in [0.3, 0.4) is 0 Å². The van der Waals surface area contributed by atoms with E-state index in [1.54, 1.807) is 24.7 Å². The highest BCUT2D eigenvalue weighted by molar-refractivity contribution is 7.89. The van der Waals surface area contributed by atoms with Crippen LogP contribution in [0.1, 0.15) is 42.3 Å². The average Bonchev–Trinajstić information content (AvgIpc) is 3.21. The Morgan fingerprint density at radius 2 is 1.68 bits per heavy atom. The van der Waals surface area contributed by atoms with Crippen LogP contribution >= 0.6 is 0 Å². The highest BCUT2D eigenvalue weighted by Crippen LogP contribution is 2.26. The van der Waals surface area contributed by atoms with Crippen molar-refractivity contribution < 1.29 is 13.2 Å². The monoisotopic (exact) mass is 480 g/mol. The van der Waals surface area contributed by atoms with Gasteiger partial charge in [0.1, 0.15) is 5.82 Å². The minimum Gasteiger partial charge on any atom is -0.349 e. The van der Waals surface area contributed by atoms with Crippen molar-refractivity contribution >= 4 is 15.9 Å². The Kier molecular flexibility index (Phi) is 7.48. The molecule has 2 heterocycles. The van der Waals surface area contributed by atoms with E-state index in [4.69, 9.17) is 0 Å². The number of aryl methyl sites for hydroxylation is 3. The average molecular weight is 481 g/mol. The summed E-state index contributed by atoms with van der Waals surface area (Å²) in [6.07, 6.45) is 4.20. The summed E-state index contributed by atoms with van der Waals surface area (Å²) in [6.45, 7) is 2.41. The van der Waals surface area contributed by atoms with E-state index in [0.29, 0.717) is 31.8 Å². The van der Waals surface area contributed by atoms with Gasteiger partial charge in [-0.25, -0.2) is 13.4 Å². The van der Waals surface area contributed by atoms with E-state index in [9.17, 15) is 13.2 Å². The van der Waals surface area contributed by atoms with Crippen LogP contribution in [0.25, 0.3) is 0 Å². The summed E-state index contributed by atoms with van der Waals surface area (Å²) in [6, 6.07) is 20.2. The summed E-state index contributed by atoms with van der Waals surface area (Å²) in [4.78, 5) is 17.4. The number of hydrogen-bond acceptors (Lipinski definition) is 4. The van der Waals surface area contributed by atoms with Crippen LogP contribution in [0.2, 0.25) is 0 Å². The van der Waals surface area contributed by atoms with Crippen LogP contribution in [-0.4, -0.2) is 41.3 Å². The zero-order chi connectivity index (χ0) is 24.1. The lowest BCUT2D eigenvalue weighted by Gasteiger charge is -2.31. The van der Waals surface area contributed by atoms with Crippen molar-refractivity contribution in [2.75, 3.05) is 13.1 Å². The molecule has 2 aromatic carbocycles. The lowest BCUT2D eigenvalue weighted by molar-refractivity contribution is -0.127. The fourth-order valence-electron chi connectivity index (χ4n) is 4.39. The minimum atomic E-state index is -3.65. The summed E-state index contributed by atoms with van der Waals surface area (Å²) in [5.41, 5.74) is 2.32. The Morgan fingerprint density at radius 3 is 2.26 bits per heavy atom. The zero-order valence-corrected chi connectivity index (χ0v) is 20.5. The molecule has 7 nitrogen and oxygen atoms in total. The first-order valence-electron chi connectivity index (χ1n) is 11.7. The third-order valence-electron chi connectivity index (χ3n) is 6.60. The summed E-state index contributed by atoms with van der Waals surface area (Å²) in [7, 11) is -1.87. The van der Waals surface area contributed by atoms with Gasteiger partial charge in [0.15, 0.2) is 5.03 Å². The fourth-order valence-corrected chi connectivity index (χ4v) is 5.89. The zero-order valence-electron chi connectivity index (χ0n) is 19.7. The van der Waals surface area contributed by atoms with Crippen molar-refractivity contribution in [3.8, 4) is 0 Å². The normalized spacial score (nSPS) is 16.3. The van der Waals surface area contributed by atoms with Gasteiger partial charge in [-0.1, -0.05) is 60.7 Å². The third-order valence-corrected chi connectivity index (χ3v) is 8.37. The molecule has 1 N–H and O–H groups in total. The van der Waals surface area contributed by atoms with Crippen LogP contribution in [0.4, 0.5) is 0 Å². The van der Waals surface area contributed by atoms with Crippen molar-refractivity contribution in [3.05, 3.63) is 83.8 Å². The van der Waals surface area contributed by atoms with Crippen molar-refractivity contribution in [2.24, 2.45) is 13.0 Å². The van der Waals surface area contributed by atoms with Crippen LogP contribution in [0.15, 0.2) is 71.9 Å². The van der Waals surface area contributed by atoms with Crippen LogP contribution in [-0.2, 0) is 28.3 Å². The number of sulfonamides is 1. The predicted octanol–water partition coefficient (Wildman–Crippen LogP) is 3.62. The summed E-state index contributed by atoms with van der Waals surface area (Å²) < 4.78 is 29.1. The van der Waals surface area contributed by atoms with Gasteiger partial charge in [0.05, 0.1) is 6.04 Å². The molecule has 4 rings (SSSR count). The molecular formula is C26H32N4O3S. The molecule has 0 saturated carbocycles. The van der Waals surface area contributed by atoms with Crippen LogP contribution in [0, 0.1) is 12.8 Å². The number of aromatic nitrogens is 2. The SMILES string of the molecule is Cc1nc(S(=O)(=O)N2CCC(C(=O)NC(CCc3ccccc3)c3ccccc3)CC2)cn1C. The first-order valence-corrected chi connectivity index (χ1v) is 13.2. The number of benzene rings is 2. The molecule has 1 aliphatic rings. The lowest BCUT2D eigenvalue weighted by atomic mass is 9.94. The van der Waals surface area contributed by atoms with Gasteiger partial charge in [0.2, 0.25) is 5.91 Å². The molecule has 0 aliphatic carbocycles. The summed E-state index contributed by atoms with van der Waals surface area (Å²) in [5, 5.41) is 3.32. The Bertz CT molecular complexity index is 1180. The molecule has 0 spiro atoms. The van der Waals surface area contributed by atoms with E-state index in [-0.39, 0.29) is 22.9 Å². The molecule has 1 unspecified atom stereocenters. The van der Waals surface area contributed by atoms with Gasteiger partial charge in [-0.05, 0) is 43.7 Å². The van der Waals surface area contributed by atoms with Gasteiger partial charge < -0.3 is 9.88 Å². The van der Waals surface area contributed by atoms with Crippen molar-refractivity contribution in [2.45, 2.75) is 43.7 Å². The number of rotatable bonds is 8. The van der Waals surface area contributed by atoms with Crippen LogP contribution in [0.5, 0.6) is 0 Å². The number of piperidine rings is 1. The Hall–Kier alpha value is -2.97. The Balaban J connectivity index is 1.38. The largest absolute Gasteiger partial charge is 0.349 e. The Labute approximate surface area is 201 Å². The molecule has 1 saturated heterocycles. The van der Waals surface area contributed by atoms with E-state index < -0.39 is 10.0 Å². The number of nitrogens with one attached hydrogen (secondary N) is 1. The third kappa shape index (κ3) is 5.56. The van der Waals surface area contributed by atoms with Gasteiger partial charge in [-0.15, -0.1) is 0 Å². The molecule has 1 aliphatic heterocycles. The molecule has 180 valence electrons. The number of carbonyl (C=O) groups excluding carboxylic acids is 1. The first-order chi connectivity index (χ1) is 16.3. The van der Waals surface area contributed by atoms with E-state index >= 15 is 0 Å². The summed E-state index contributed by atoms with van der Waals surface area (Å²) in [5.74, 6) is 0.433.